The molecule has 168 valence electrons. The van der Waals surface area contributed by atoms with Gasteiger partial charge in [-0.15, -0.1) is 0 Å². The molecule has 0 saturated heterocycles. The number of hydrogen-bond donors (Lipinski definition) is 1. The number of hydrogen-bond acceptors (Lipinski definition) is 4. The molecule has 1 atom stereocenters. The van der Waals surface area contributed by atoms with Crippen LogP contribution in [0, 0.1) is 11.3 Å². The van der Waals surface area contributed by atoms with E-state index in [-0.39, 0.29) is 5.91 Å². The van der Waals surface area contributed by atoms with E-state index in [2.05, 4.69) is 27.0 Å². The number of anilines is 1. The number of para-hydroxylation sites is 1. The predicted molar refractivity (Wildman–Crippen MR) is 131 cm³/mol. The van der Waals surface area contributed by atoms with Crippen molar-refractivity contribution in [2.45, 2.75) is 25.6 Å². The summed E-state index contributed by atoms with van der Waals surface area (Å²) in [5.41, 5.74) is 5.86. The normalized spacial score (nSPS) is 15.4. The van der Waals surface area contributed by atoms with Crippen LogP contribution in [-0.4, -0.2) is 22.0 Å². The summed E-state index contributed by atoms with van der Waals surface area (Å²) in [6.07, 6.45) is 4.44. The third kappa shape index (κ3) is 4.47. The lowest BCUT2D eigenvalue weighted by Gasteiger charge is -2.26. The van der Waals surface area contributed by atoms with Crippen molar-refractivity contribution in [3.63, 3.8) is 0 Å². The average molecular weight is 448 g/mol. The first-order chi connectivity index (χ1) is 16.7. The number of aromatic nitrogens is 2. The van der Waals surface area contributed by atoms with Crippen molar-refractivity contribution in [3.05, 3.63) is 119 Å². The quantitative estimate of drug-likeness (QED) is 0.480. The fourth-order valence-corrected chi connectivity index (χ4v) is 4.46. The number of nitrogens with one attached hydrogen (secondary N) is 1. The van der Waals surface area contributed by atoms with Crippen molar-refractivity contribution < 1.29 is 4.79 Å². The Kier molecular flexibility index (Phi) is 6.19. The molecule has 1 unspecified atom stereocenters. The van der Waals surface area contributed by atoms with Gasteiger partial charge in [0.05, 0.1) is 23.7 Å². The Morgan fingerprint density at radius 3 is 2.56 bits per heavy atom. The van der Waals surface area contributed by atoms with E-state index in [0.29, 0.717) is 25.2 Å². The van der Waals surface area contributed by atoms with Crippen LogP contribution in [0.3, 0.4) is 0 Å². The molecule has 6 heteroatoms. The van der Waals surface area contributed by atoms with E-state index in [1.165, 1.54) is 5.56 Å². The number of imidazole rings is 1. The smallest absolute Gasteiger partial charge is 0.248 e. The summed E-state index contributed by atoms with van der Waals surface area (Å²) in [6, 6.07) is 27.3. The van der Waals surface area contributed by atoms with Crippen molar-refractivity contribution in [1.29, 1.82) is 5.26 Å². The van der Waals surface area contributed by atoms with E-state index in [4.69, 9.17) is 5.26 Å². The Balaban J connectivity index is 1.38. The van der Waals surface area contributed by atoms with E-state index < -0.39 is 6.04 Å². The summed E-state index contributed by atoms with van der Waals surface area (Å²) in [5, 5.41) is 12.5. The largest absolute Gasteiger partial charge is 0.329 e. The van der Waals surface area contributed by atoms with Crippen molar-refractivity contribution in [3.8, 4) is 6.07 Å². The summed E-state index contributed by atoms with van der Waals surface area (Å²) in [6.45, 7) is 1.80. The van der Waals surface area contributed by atoms with E-state index in [9.17, 15) is 4.79 Å². The lowest BCUT2D eigenvalue weighted by atomic mass is 9.99. The molecule has 0 fully saturated rings. The summed E-state index contributed by atoms with van der Waals surface area (Å²) >= 11 is 0. The summed E-state index contributed by atoms with van der Waals surface area (Å²) in [7, 11) is 0. The van der Waals surface area contributed by atoms with Gasteiger partial charge in [-0.1, -0.05) is 54.6 Å². The molecule has 0 spiro atoms. The van der Waals surface area contributed by atoms with Crippen LogP contribution < -0.4 is 10.2 Å². The molecule has 6 nitrogen and oxygen atoms in total. The van der Waals surface area contributed by atoms with Gasteiger partial charge in [-0.25, -0.2) is 4.98 Å². The van der Waals surface area contributed by atoms with Crippen LogP contribution in [0.25, 0.3) is 0 Å². The van der Waals surface area contributed by atoms with E-state index in [0.717, 1.165) is 28.9 Å². The number of carbonyl (C=O) groups excluding carboxylic acids is 1. The molecule has 3 aromatic carbocycles. The van der Waals surface area contributed by atoms with Crippen molar-refractivity contribution in [2.75, 3.05) is 11.4 Å². The first-order valence-corrected chi connectivity index (χ1v) is 11.4. The number of rotatable bonds is 6. The first-order valence-electron chi connectivity index (χ1n) is 11.4. The van der Waals surface area contributed by atoms with E-state index in [1.54, 1.807) is 6.33 Å². The molecule has 2 heterocycles. The Hall–Kier alpha value is -4.21. The highest BCUT2D eigenvalue weighted by molar-refractivity contribution is 5.98. The summed E-state index contributed by atoms with van der Waals surface area (Å²) in [5.74, 6) is 0.0503. The second kappa shape index (κ2) is 9.74. The fourth-order valence-electron chi connectivity index (χ4n) is 4.46. The molecular weight excluding hydrogens is 422 g/mol. The molecule has 4 aromatic rings. The maximum Gasteiger partial charge on any atom is 0.248 e. The highest BCUT2D eigenvalue weighted by atomic mass is 16.2. The van der Waals surface area contributed by atoms with Gasteiger partial charge in [-0.2, -0.15) is 5.26 Å². The molecule has 1 aliphatic rings. The predicted octanol–water partition coefficient (Wildman–Crippen LogP) is 4.22. The van der Waals surface area contributed by atoms with Gasteiger partial charge < -0.3 is 9.47 Å². The molecule has 5 rings (SSSR count). The molecule has 0 radical (unpaired) electrons. The van der Waals surface area contributed by atoms with Crippen molar-refractivity contribution in [2.24, 2.45) is 0 Å². The minimum absolute atomic E-state index is 0.0503. The zero-order chi connectivity index (χ0) is 23.3. The lowest BCUT2D eigenvalue weighted by Crippen LogP contribution is -2.40. The molecular formula is C28H25N5O. The number of nitrogens with zero attached hydrogens (tertiary/aromatic N) is 4. The zero-order valence-corrected chi connectivity index (χ0v) is 18.8. The van der Waals surface area contributed by atoms with Crippen LogP contribution in [0.1, 0.15) is 34.0 Å². The van der Waals surface area contributed by atoms with Crippen LogP contribution in [0.4, 0.5) is 5.69 Å². The van der Waals surface area contributed by atoms with Crippen LogP contribution in [0.5, 0.6) is 0 Å². The summed E-state index contributed by atoms with van der Waals surface area (Å²) in [4.78, 5) is 19.9. The monoisotopic (exact) mass is 447 g/mol. The minimum atomic E-state index is -0.447. The van der Waals surface area contributed by atoms with Gasteiger partial charge in [0.15, 0.2) is 0 Å². The third-order valence-corrected chi connectivity index (χ3v) is 6.27. The maximum atomic E-state index is 13.7. The van der Waals surface area contributed by atoms with Gasteiger partial charge in [0, 0.05) is 31.5 Å². The first kappa shape index (κ1) is 21.6. The van der Waals surface area contributed by atoms with E-state index in [1.807, 2.05) is 83.9 Å². The Bertz CT molecular complexity index is 1320. The second-order valence-corrected chi connectivity index (χ2v) is 8.41. The molecule has 34 heavy (non-hydrogen) atoms. The lowest BCUT2D eigenvalue weighted by molar-refractivity contribution is -0.120. The van der Waals surface area contributed by atoms with Crippen LogP contribution in [0.15, 0.2) is 91.4 Å². The standard InChI is InChI=1S/C28H25N5O/c29-16-21-10-12-22(13-11-21)19-32-20-30-17-25(32)18-31-27-26-9-5-4-6-23(26)14-15-33(28(27)34)24-7-2-1-3-8-24/h1-13,17,20,27,31H,14-15,18-19H2. The summed E-state index contributed by atoms with van der Waals surface area (Å²) < 4.78 is 2.07. The Morgan fingerprint density at radius 2 is 1.76 bits per heavy atom. The molecule has 0 bridgehead atoms. The number of amides is 1. The number of benzene rings is 3. The SMILES string of the molecule is N#Cc1ccc(Cn2cncc2CNC2C(=O)N(c3ccccc3)CCc3ccccc32)cc1. The second-order valence-electron chi connectivity index (χ2n) is 8.41. The Labute approximate surface area is 199 Å². The topological polar surface area (TPSA) is 74.0 Å². The van der Waals surface area contributed by atoms with Gasteiger partial charge in [0.25, 0.3) is 0 Å². The van der Waals surface area contributed by atoms with Crippen molar-refractivity contribution >= 4 is 11.6 Å². The minimum Gasteiger partial charge on any atom is -0.329 e. The third-order valence-electron chi connectivity index (χ3n) is 6.27. The van der Waals surface area contributed by atoms with Gasteiger partial charge in [0.1, 0.15) is 6.04 Å². The maximum absolute atomic E-state index is 13.7. The molecule has 0 aliphatic carbocycles. The van der Waals surface area contributed by atoms with Gasteiger partial charge in [0.2, 0.25) is 5.91 Å². The fraction of sp³-hybridized carbons (Fsp3) is 0.179. The number of fused-ring (bicyclic) bond motifs is 1. The number of nitriles is 1. The zero-order valence-electron chi connectivity index (χ0n) is 18.8. The molecule has 1 amide bonds. The van der Waals surface area contributed by atoms with Crippen LogP contribution in [-0.2, 0) is 24.3 Å². The Morgan fingerprint density at radius 1 is 1.00 bits per heavy atom. The van der Waals surface area contributed by atoms with Crippen LogP contribution >= 0.6 is 0 Å². The number of carbonyl (C=O) groups is 1. The van der Waals surface area contributed by atoms with Gasteiger partial charge >= 0.3 is 0 Å². The van der Waals surface area contributed by atoms with Crippen LogP contribution in [0.2, 0.25) is 0 Å². The molecule has 1 aliphatic heterocycles. The van der Waals surface area contributed by atoms with Gasteiger partial charge in [-0.3, -0.25) is 10.1 Å². The van der Waals surface area contributed by atoms with Gasteiger partial charge in [-0.05, 0) is 47.4 Å². The van der Waals surface area contributed by atoms with E-state index >= 15 is 0 Å². The average Bonchev–Trinajstić information content (AvgIpc) is 3.27. The molecule has 0 saturated carbocycles. The molecule has 1 aromatic heterocycles. The highest BCUT2D eigenvalue weighted by Crippen LogP contribution is 2.28. The highest BCUT2D eigenvalue weighted by Gasteiger charge is 2.31. The van der Waals surface area contributed by atoms with Crippen molar-refractivity contribution in [1.82, 2.24) is 14.9 Å². The molecule has 1 N–H and O–H groups in total.